The Hall–Kier alpha value is -2.36. The number of carbonyl (C=O) groups is 2. The number of piperidine rings is 1. The van der Waals surface area contributed by atoms with Crippen LogP contribution in [-0.4, -0.2) is 49.9 Å². The van der Waals surface area contributed by atoms with E-state index in [9.17, 15) is 18.0 Å². The average molecular weight is 500 g/mol. The van der Waals surface area contributed by atoms with Crippen LogP contribution in [0.25, 0.3) is 0 Å². The van der Waals surface area contributed by atoms with Crippen LogP contribution in [0.5, 0.6) is 0 Å². The molecule has 34 heavy (non-hydrogen) atoms. The zero-order valence-electron chi connectivity index (χ0n) is 19.0. The molecule has 0 aromatic heterocycles. The third-order valence-corrected chi connectivity index (χ3v) is 9.77. The smallest absolute Gasteiger partial charge is 0.243 e. The fraction of sp³-hybridized carbons (Fsp3) is 0.440. The minimum Gasteiger partial charge on any atom is -0.348 e. The van der Waals surface area contributed by atoms with E-state index in [-0.39, 0.29) is 35.0 Å². The van der Waals surface area contributed by atoms with E-state index in [0.29, 0.717) is 18.8 Å². The number of rotatable bonds is 5. The Bertz CT molecular complexity index is 1210. The summed E-state index contributed by atoms with van der Waals surface area (Å²) in [4.78, 5) is 28.3. The van der Waals surface area contributed by atoms with Crippen molar-refractivity contribution < 1.29 is 18.0 Å². The first kappa shape index (κ1) is 23.4. The number of aryl methyl sites for hydroxylation is 1. The van der Waals surface area contributed by atoms with Gasteiger partial charge < -0.3 is 10.2 Å². The molecule has 2 aromatic rings. The third kappa shape index (κ3) is 4.61. The van der Waals surface area contributed by atoms with E-state index in [4.69, 9.17) is 0 Å². The lowest BCUT2D eigenvalue weighted by Gasteiger charge is -2.31. The van der Waals surface area contributed by atoms with Gasteiger partial charge >= 0.3 is 0 Å². The van der Waals surface area contributed by atoms with Crippen LogP contribution in [0.3, 0.4) is 0 Å². The van der Waals surface area contributed by atoms with Crippen LogP contribution in [-0.2, 0) is 26.0 Å². The monoisotopic (exact) mass is 499 g/mol. The molecule has 2 aromatic carbocycles. The fourth-order valence-corrected chi connectivity index (χ4v) is 7.51. The molecule has 3 aliphatic rings. The molecule has 1 saturated heterocycles. The highest BCUT2D eigenvalue weighted by Crippen LogP contribution is 2.38. The van der Waals surface area contributed by atoms with Gasteiger partial charge in [0.25, 0.3) is 0 Å². The van der Waals surface area contributed by atoms with Crippen LogP contribution >= 0.6 is 11.8 Å². The summed E-state index contributed by atoms with van der Waals surface area (Å²) in [6.45, 7) is 0.905. The van der Waals surface area contributed by atoms with Crippen molar-refractivity contribution in [2.75, 3.05) is 30.3 Å². The summed E-state index contributed by atoms with van der Waals surface area (Å²) in [5, 5.41) is 3.10. The van der Waals surface area contributed by atoms with Gasteiger partial charge in [-0.05, 0) is 61.4 Å². The number of nitrogens with zero attached hydrogens (tertiary/aromatic N) is 2. The van der Waals surface area contributed by atoms with Crippen molar-refractivity contribution in [2.45, 2.75) is 54.4 Å². The zero-order valence-corrected chi connectivity index (χ0v) is 20.7. The molecule has 1 atom stereocenters. The lowest BCUT2D eigenvalue weighted by Crippen LogP contribution is -2.44. The highest BCUT2D eigenvalue weighted by molar-refractivity contribution is 8.00. The minimum absolute atomic E-state index is 0.0722. The molecule has 9 heteroatoms. The maximum Gasteiger partial charge on any atom is 0.243 e. The molecular weight excluding hydrogens is 470 g/mol. The molecular formula is C25H29N3O4S2. The number of sulfonamides is 1. The molecule has 2 amide bonds. The van der Waals surface area contributed by atoms with Gasteiger partial charge in [0.05, 0.1) is 22.4 Å². The number of thioether (sulfide) groups is 1. The molecule has 0 saturated carbocycles. The first-order chi connectivity index (χ1) is 16.4. The second-order valence-electron chi connectivity index (χ2n) is 9.07. The highest BCUT2D eigenvalue weighted by Gasteiger charge is 2.32. The Morgan fingerprint density at radius 2 is 1.85 bits per heavy atom. The average Bonchev–Trinajstić information content (AvgIpc) is 2.86. The summed E-state index contributed by atoms with van der Waals surface area (Å²) < 4.78 is 27.9. The number of anilines is 1. The Labute approximate surface area is 204 Å². The Morgan fingerprint density at radius 1 is 1.06 bits per heavy atom. The molecule has 0 spiro atoms. The van der Waals surface area contributed by atoms with E-state index in [1.54, 1.807) is 18.2 Å². The van der Waals surface area contributed by atoms with Crippen LogP contribution in [0.15, 0.2) is 52.3 Å². The number of benzene rings is 2. The topological polar surface area (TPSA) is 86.8 Å². The number of nitrogens with one attached hydrogen (secondary N) is 1. The summed E-state index contributed by atoms with van der Waals surface area (Å²) in [5.41, 5.74) is 2.89. The molecule has 2 aliphatic heterocycles. The summed E-state index contributed by atoms with van der Waals surface area (Å²) in [7, 11) is -3.64. The molecule has 5 rings (SSSR count). The van der Waals surface area contributed by atoms with Gasteiger partial charge in [-0.3, -0.25) is 9.59 Å². The second kappa shape index (κ2) is 9.71. The number of hydrogen-bond donors (Lipinski definition) is 1. The molecule has 7 nitrogen and oxygen atoms in total. The van der Waals surface area contributed by atoms with Crippen molar-refractivity contribution in [2.24, 2.45) is 0 Å². The maximum absolute atomic E-state index is 13.2. The van der Waals surface area contributed by atoms with Crippen molar-refractivity contribution in [3.05, 3.63) is 53.6 Å². The first-order valence-corrected chi connectivity index (χ1v) is 14.3. The highest BCUT2D eigenvalue weighted by atomic mass is 32.2. The summed E-state index contributed by atoms with van der Waals surface area (Å²) >= 11 is 1.38. The number of amides is 2. The van der Waals surface area contributed by atoms with Crippen LogP contribution < -0.4 is 10.2 Å². The van der Waals surface area contributed by atoms with Gasteiger partial charge in [-0.15, -0.1) is 11.8 Å². The van der Waals surface area contributed by atoms with Gasteiger partial charge in [-0.2, -0.15) is 4.31 Å². The van der Waals surface area contributed by atoms with Crippen LogP contribution in [0, 0.1) is 0 Å². The van der Waals surface area contributed by atoms with Gasteiger partial charge in [-0.25, -0.2) is 8.42 Å². The molecule has 180 valence electrons. The molecule has 1 fully saturated rings. The summed E-state index contributed by atoms with van der Waals surface area (Å²) in [5.74, 6) is -0.202. The van der Waals surface area contributed by atoms with Crippen molar-refractivity contribution in [1.29, 1.82) is 0 Å². The van der Waals surface area contributed by atoms with Crippen molar-refractivity contribution >= 4 is 39.3 Å². The van der Waals surface area contributed by atoms with Gasteiger partial charge in [-0.1, -0.05) is 30.7 Å². The molecule has 1 aliphatic carbocycles. The van der Waals surface area contributed by atoms with Crippen molar-refractivity contribution in [3.8, 4) is 0 Å². The maximum atomic E-state index is 13.2. The van der Waals surface area contributed by atoms with E-state index in [2.05, 4.69) is 17.4 Å². The van der Waals surface area contributed by atoms with E-state index in [1.807, 2.05) is 12.1 Å². The summed E-state index contributed by atoms with van der Waals surface area (Å²) in [6, 6.07) is 13.0. The molecule has 0 radical (unpaired) electrons. The lowest BCUT2D eigenvalue weighted by atomic mass is 9.88. The molecule has 1 unspecified atom stereocenters. The quantitative estimate of drug-likeness (QED) is 0.681. The fourth-order valence-electron chi connectivity index (χ4n) is 5.06. The van der Waals surface area contributed by atoms with E-state index >= 15 is 0 Å². The van der Waals surface area contributed by atoms with Gasteiger partial charge in [0.15, 0.2) is 0 Å². The van der Waals surface area contributed by atoms with Crippen LogP contribution in [0.2, 0.25) is 0 Å². The minimum atomic E-state index is -3.64. The van der Waals surface area contributed by atoms with Gasteiger partial charge in [0.1, 0.15) is 6.54 Å². The number of hydrogen-bond acceptors (Lipinski definition) is 5. The van der Waals surface area contributed by atoms with Crippen molar-refractivity contribution in [3.63, 3.8) is 0 Å². The predicted octanol–water partition coefficient (Wildman–Crippen LogP) is 3.49. The molecule has 0 bridgehead atoms. The van der Waals surface area contributed by atoms with Crippen LogP contribution in [0.4, 0.5) is 5.69 Å². The summed E-state index contributed by atoms with van der Waals surface area (Å²) in [6.07, 6.45) is 5.62. The largest absolute Gasteiger partial charge is 0.348 e. The van der Waals surface area contributed by atoms with E-state index < -0.39 is 10.0 Å². The first-order valence-electron chi connectivity index (χ1n) is 11.9. The Balaban J connectivity index is 1.37. The third-order valence-electron chi connectivity index (χ3n) is 6.83. The number of carbonyl (C=O) groups excluding carboxylic acids is 2. The van der Waals surface area contributed by atoms with Crippen molar-refractivity contribution in [1.82, 2.24) is 9.62 Å². The molecule has 1 N–H and O–H groups in total. The Morgan fingerprint density at radius 3 is 2.68 bits per heavy atom. The van der Waals surface area contributed by atoms with Gasteiger partial charge in [0.2, 0.25) is 21.8 Å². The lowest BCUT2D eigenvalue weighted by molar-refractivity contribution is -0.123. The standard InChI is InChI=1S/C25H29N3O4S2/c29-24(26-21-10-6-8-18-7-2-3-9-20(18)21)16-28-22-15-19(11-12-23(22)33-17-25(28)30)34(31,32)27-13-4-1-5-14-27/h2-3,7,9,11-12,15,21H,1,4-6,8,10,13-14,16-17H2,(H,26,29). The SMILES string of the molecule is O=C(CN1C(=O)CSc2ccc(S(=O)(=O)N3CCCCC3)cc21)NC1CCCc2ccccc21. The van der Waals surface area contributed by atoms with E-state index in [1.165, 1.54) is 26.5 Å². The molecule has 2 heterocycles. The second-order valence-corrected chi connectivity index (χ2v) is 12.0. The predicted molar refractivity (Wildman–Crippen MR) is 132 cm³/mol. The zero-order chi connectivity index (χ0) is 23.7. The normalized spacial score (nSPS) is 21.0. The van der Waals surface area contributed by atoms with Crippen LogP contribution in [0.1, 0.15) is 49.3 Å². The number of fused-ring (bicyclic) bond motifs is 2. The Kier molecular flexibility index (Phi) is 6.68. The van der Waals surface area contributed by atoms with Gasteiger partial charge in [0, 0.05) is 18.0 Å². The van der Waals surface area contributed by atoms with E-state index in [0.717, 1.165) is 49.0 Å².